The van der Waals surface area contributed by atoms with Gasteiger partial charge in [-0.3, -0.25) is 14.9 Å². The van der Waals surface area contributed by atoms with Crippen LogP contribution in [0.2, 0.25) is 0 Å². The summed E-state index contributed by atoms with van der Waals surface area (Å²) in [6, 6.07) is 6.81. The van der Waals surface area contributed by atoms with Crippen molar-refractivity contribution in [1.29, 1.82) is 0 Å². The van der Waals surface area contributed by atoms with Crippen LogP contribution in [0.15, 0.2) is 51.8 Å². The average Bonchev–Trinajstić information content (AvgIpc) is 3.28. The Hall–Kier alpha value is -3.22. The first-order valence-electron chi connectivity index (χ1n) is 7.48. The summed E-state index contributed by atoms with van der Waals surface area (Å²) in [6.07, 6.45) is 5.38. The van der Waals surface area contributed by atoms with E-state index in [1.165, 1.54) is 12.5 Å². The van der Waals surface area contributed by atoms with E-state index in [0.717, 1.165) is 5.76 Å². The molecule has 4 rings (SSSR count). The number of carbonyl (C=O) groups is 2. The third-order valence-electron chi connectivity index (χ3n) is 3.96. The molecule has 1 N–H and O–H groups in total. The van der Waals surface area contributed by atoms with Crippen LogP contribution in [0.4, 0.5) is 5.95 Å². The Morgan fingerprint density at radius 1 is 1.17 bits per heavy atom. The lowest BCUT2D eigenvalue weighted by Crippen LogP contribution is -2.22. The van der Waals surface area contributed by atoms with Crippen molar-refractivity contribution >= 4 is 17.6 Å². The Bertz CT molecular complexity index is 885. The number of amides is 1. The number of carbonyl (C=O) groups excluding carboxylic acids is 2. The quantitative estimate of drug-likeness (QED) is 0.796. The Morgan fingerprint density at radius 3 is 2.75 bits per heavy atom. The van der Waals surface area contributed by atoms with Crippen LogP contribution >= 0.6 is 0 Å². The number of fused-ring (bicyclic) bond motifs is 1. The van der Waals surface area contributed by atoms with Crippen molar-refractivity contribution in [3.8, 4) is 0 Å². The van der Waals surface area contributed by atoms with Gasteiger partial charge in [0.1, 0.15) is 5.76 Å². The van der Waals surface area contributed by atoms with Crippen LogP contribution in [0, 0.1) is 0 Å². The molecule has 0 fully saturated rings. The fraction of sp³-hybridized carbons (Fsp3) is 0.176. The Kier molecular flexibility index (Phi) is 3.45. The van der Waals surface area contributed by atoms with Crippen LogP contribution in [0.3, 0.4) is 0 Å². The summed E-state index contributed by atoms with van der Waals surface area (Å²) in [5.41, 5.74) is 1.10. The number of anilines is 1. The second kappa shape index (κ2) is 5.77. The van der Waals surface area contributed by atoms with Gasteiger partial charge in [0.05, 0.1) is 23.8 Å². The van der Waals surface area contributed by atoms with Gasteiger partial charge < -0.3 is 8.83 Å². The number of rotatable bonds is 3. The number of aromatic nitrogens is 2. The first-order valence-corrected chi connectivity index (χ1v) is 7.48. The number of hydrogen-bond donors (Lipinski definition) is 1. The lowest BCUT2D eigenvalue weighted by Gasteiger charge is -2.21. The molecule has 1 aliphatic rings. The molecule has 0 radical (unpaired) electrons. The lowest BCUT2D eigenvalue weighted by molar-refractivity contribution is 0.0958. The number of Topliss-reactive ketones (excluding diaryl/α,β-unsaturated/α-hetero) is 1. The van der Waals surface area contributed by atoms with Crippen LogP contribution in [-0.4, -0.2) is 21.7 Å². The minimum absolute atomic E-state index is 0.0263. The first kappa shape index (κ1) is 14.4. The molecular formula is C17H13N3O4. The van der Waals surface area contributed by atoms with E-state index in [9.17, 15) is 9.59 Å². The largest absolute Gasteiger partial charge is 0.469 e. The predicted molar refractivity (Wildman–Crippen MR) is 82.8 cm³/mol. The van der Waals surface area contributed by atoms with Crippen LogP contribution in [0.25, 0.3) is 0 Å². The standard InChI is InChI=1S/C17H13N3O4/c21-13-8-10(14-3-1-5-23-14)7-12-11(13)9-18-17(19-12)20-16(22)15-4-2-6-24-15/h1-6,9-10H,7-8H2,(H,18,19,20,22)/t10-/m1/s1. The highest BCUT2D eigenvalue weighted by molar-refractivity contribution is 6.01. The van der Waals surface area contributed by atoms with E-state index >= 15 is 0 Å². The van der Waals surface area contributed by atoms with E-state index in [1.807, 2.05) is 6.07 Å². The number of ketones is 1. The number of nitrogens with one attached hydrogen (secondary N) is 1. The van der Waals surface area contributed by atoms with Gasteiger partial charge in [0.2, 0.25) is 5.95 Å². The van der Waals surface area contributed by atoms with Gasteiger partial charge in [0.15, 0.2) is 11.5 Å². The molecule has 3 aromatic rings. The van der Waals surface area contributed by atoms with E-state index in [1.54, 1.807) is 24.5 Å². The highest BCUT2D eigenvalue weighted by Gasteiger charge is 2.29. The summed E-state index contributed by atoms with van der Waals surface area (Å²) >= 11 is 0. The van der Waals surface area contributed by atoms with Crippen molar-refractivity contribution in [3.05, 3.63) is 65.8 Å². The van der Waals surface area contributed by atoms with E-state index < -0.39 is 5.91 Å². The molecule has 7 heteroatoms. The van der Waals surface area contributed by atoms with Gasteiger partial charge in [-0.15, -0.1) is 0 Å². The van der Waals surface area contributed by atoms with Crippen molar-refractivity contribution < 1.29 is 18.4 Å². The minimum Gasteiger partial charge on any atom is -0.469 e. The maximum Gasteiger partial charge on any atom is 0.293 e. The van der Waals surface area contributed by atoms with E-state index in [4.69, 9.17) is 8.83 Å². The summed E-state index contributed by atoms with van der Waals surface area (Å²) in [5.74, 6) is 0.549. The zero-order chi connectivity index (χ0) is 16.5. The van der Waals surface area contributed by atoms with Gasteiger partial charge in [-0.1, -0.05) is 0 Å². The second-order valence-corrected chi connectivity index (χ2v) is 5.53. The molecule has 0 spiro atoms. The molecule has 0 aromatic carbocycles. The molecule has 0 aliphatic heterocycles. The summed E-state index contributed by atoms with van der Waals surface area (Å²) < 4.78 is 10.4. The van der Waals surface area contributed by atoms with E-state index in [0.29, 0.717) is 24.1 Å². The van der Waals surface area contributed by atoms with E-state index in [-0.39, 0.29) is 23.4 Å². The summed E-state index contributed by atoms with van der Waals surface area (Å²) in [4.78, 5) is 32.7. The highest BCUT2D eigenvalue weighted by Crippen LogP contribution is 2.32. The SMILES string of the molecule is O=C(Nc1ncc2c(n1)C[C@@H](c1ccco1)CC2=O)c1ccco1. The molecule has 1 amide bonds. The maximum atomic E-state index is 12.3. The molecule has 0 bridgehead atoms. The van der Waals surface area contributed by atoms with Gasteiger partial charge in [-0.25, -0.2) is 9.97 Å². The Morgan fingerprint density at radius 2 is 2.00 bits per heavy atom. The number of furan rings is 2. The third kappa shape index (κ3) is 2.60. The molecular weight excluding hydrogens is 310 g/mol. The second-order valence-electron chi connectivity index (χ2n) is 5.53. The fourth-order valence-electron chi connectivity index (χ4n) is 2.80. The van der Waals surface area contributed by atoms with Crippen LogP contribution < -0.4 is 5.32 Å². The maximum absolute atomic E-state index is 12.3. The molecule has 0 saturated heterocycles. The normalized spacial score (nSPS) is 16.7. The highest BCUT2D eigenvalue weighted by atomic mass is 16.3. The molecule has 120 valence electrons. The predicted octanol–water partition coefficient (Wildman–Crippen LogP) is 2.83. The molecule has 0 saturated carbocycles. The van der Waals surface area contributed by atoms with Gasteiger partial charge in [0.25, 0.3) is 5.91 Å². The third-order valence-corrected chi connectivity index (χ3v) is 3.96. The Balaban J connectivity index is 1.59. The summed E-state index contributed by atoms with van der Waals surface area (Å²) in [5, 5.41) is 2.57. The van der Waals surface area contributed by atoms with Gasteiger partial charge in [-0.2, -0.15) is 0 Å². The number of nitrogens with zero attached hydrogens (tertiary/aromatic N) is 2. The monoisotopic (exact) mass is 323 g/mol. The van der Waals surface area contributed by atoms with Gasteiger partial charge in [0, 0.05) is 25.0 Å². The van der Waals surface area contributed by atoms with Crippen molar-refractivity contribution in [2.75, 3.05) is 5.32 Å². The molecule has 24 heavy (non-hydrogen) atoms. The van der Waals surface area contributed by atoms with Crippen LogP contribution in [0.5, 0.6) is 0 Å². The van der Waals surface area contributed by atoms with Crippen molar-refractivity contribution in [2.24, 2.45) is 0 Å². The lowest BCUT2D eigenvalue weighted by atomic mass is 9.85. The van der Waals surface area contributed by atoms with Crippen LogP contribution in [0.1, 0.15) is 44.7 Å². The zero-order valence-electron chi connectivity index (χ0n) is 12.6. The topological polar surface area (TPSA) is 98.2 Å². The number of hydrogen-bond acceptors (Lipinski definition) is 6. The van der Waals surface area contributed by atoms with Gasteiger partial charge >= 0.3 is 0 Å². The summed E-state index contributed by atoms with van der Waals surface area (Å²) in [6.45, 7) is 0. The van der Waals surface area contributed by atoms with Crippen molar-refractivity contribution in [2.45, 2.75) is 18.8 Å². The van der Waals surface area contributed by atoms with Gasteiger partial charge in [-0.05, 0) is 24.3 Å². The van der Waals surface area contributed by atoms with Crippen molar-refractivity contribution in [1.82, 2.24) is 9.97 Å². The molecule has 1 atom stereocenters. The Labute approximate surface area is 136 Å². The van der Waals surface area contributed by atoms with Crippen LogP contribution in [-0.2, 0) is 6.42 Å². The fourth-order valence-corrected chi connectivity index (χ4v) is 2.80. The minimum atomic E-state index is -0.440. The molecule has 0 unspecified atom stereocenters. The summed E-state index contributed by atoms with van der Waals surface area (Å²) in [7, 11) is 0. The van der Waals surface area contributed by atoms with E-state index in [2.05, 4.69) is 15.3 Å². The molecule has 3 aromatic heterocycles. The molecule has 7 nitrogen and oxygen atoms in total. The zero-order valence-corrected chi connectivity index (χ0v) is 12.6. The molecule has 3 heterocycles. The average molecular weight is 323 g/mol. The van der Waals surface area contributed by atoms with Crippen molar-refractivity contribution in [3.63, 3.8) is 0 Å². The first-order chi connectivity index (χ1) is 11.7. The smallest absolute Gasteiger partial charge is 0.293 e. The molecule has 1 aliphatic carbocycles.